The zero-order chi connectivity index (χ0) is 16.9. The number of carbonyl (C=O) groups is 1. The van der Waals surface area contributed by atoms with E-state index in [1.54, 1.807) is 11.8 Å². The normalized spacial score (nSPS) is 20.2. The molecule has 2 saturated heterocycles. The van der Waals surface area contributed by atoms with Gasteiger partial charge in [0.2, 0.25) is 0 Å². The summed E-state index contributed by atoms with van der Waals surface area (Å²) in [7, 11) is 2.14. The Balaban J connectivity index is 1.50. The summed E-state index contributed by atoms with van der Waals surface area (Å²) in [4.78, 5) is 20.5. The van der Waals surface area contributed by atoms with E-state index in [9.17, 15) is 4.79 Å². The number of nitrogens with zero attached hydrogens (tertiary/aromatic N) is 3. The zero-order valence-corrected chi connectivity index (χ0v) is 15.5. The van der Waals surface area contributed by atoms with Gasteiger partial charge in [-0.05, 0) is 51.4 Å². The molecule has 1 aromatic carbocycles. The minimum Gasteiger partial charge on any atom is -0.367 e. The molecule has 5 nitrogen and oxygen atoms in total. The van der Waals surface area contributed by atoms with Crippen molar-refractivity contribution in [2.24, 2.45) is 0 Å². The first kappa shape index (κ1) is 17.4. The third-order valence-electron chi connectivity index (χ3n) is 5.04. The van der Waals surface area contributed by atoms with Crippen LogP contribution in [0.5, 0.6) is 0 Å². The largest absolute Gasteiger partial charge is 0.367 e. The fraction of sp³-hybridized carbons (Fsp3) is 0.611. The Morgan fingerprint density at radius 3 is 2.42 bits per heavy atom. The lowest BCUT2D eigenvalue weighted by atomic mass is 10.1. The Morgan fingerprint density at radius 2 is 1.75 bits per heavy atom. The predicted molar refractivity (Wildman–Crippen MR) is 101 cm³/mol. The molecule has 132 valence electrons. The number of para-hydroxylation sites is 1. The molecule has 1 N–H and O–H groups in total. The first-order chi connectivity index (χ1) is 11.7. The van der Waals surface area contributed by atoms with Gasteiger partial charge < -0.3 is 20.0 Å². The van der Waals surface area contributed by atoms with Crippen LogP contribution in [0.15, 0.2) is 29.2 Å². The highest BCUT2D eigenvalue weighted by Gasteiger charge is 2.25. The summed E-state index contributed by atoms with van der Waals surface area (Å²) in [6.45, 7) is 5.54. The predicted octanol–water partition coefficient (Wildman–Crippen LogP) is 2.33. The van der Waals surface area contributed by atoms with Gasteiger partial charge in [0, 0.05) is 37.1 Å². The molecule has 0 atom stereocenters. The number of hydrogen-bond donors (Lipinski definition) is 1. The summed E-state index contributed by atoms with van der Waals surface area (Å²) < 4.78 is 0. The van der Waals surface area contributed by atoms with Gasteiger partial charge in [-0.3, -0.25) is 0 Å². The molecule has 2 heterocycles. The molecule has 0 unspecified atom stereocenters. The number of likely N-dealkylation sites (tertiary alicyclic amines) is 1. The number of thioether (sulfide) groups is 1. The van der Waals surface area contributed by atoms with Crippen LogP contribution in [0.25, 0.3) is 0 Å². The van der Waals surface area contributed by atoms with E-state index in [0.717, 1.165) is 52.1 Å². The van der Waals surface area contributed by atoms with Crippen molar-refractivity contribution in [3.63, 3.8) is 0 Å². The third-order valence-corrected chi connectivity index (χ3v) is 5.82. The number of piperidine rings is 1. The second kappa shape index (κ2) is 8.12. The van der Waals surface area contributed by atoms with Crippen molar-refractivity contribution in [3.05, 3.63) is 24.3 Å². The molecule has 0 saturated carbocycles. The summed E-state index contributed by atoms with van der Waals surface area (Å²) >= 11 is 1.78. The molecule has 2 aliphatic rings. The van der Waals surface area contributed by atoms with Crippen molar-refractivity contribution in [1.82, 2.24) is 15.1 Å². The molecular formula is C18H28N4OS. The first-order valence-electron chi connectivity index (χ1n) is 8.79. The number of piperazine rings is 1. The second-order valence-electron chi connectivity index (χ2n) is 6.67. The molecule has 3 rings (SSSR count). The van der Waals surface area contributed by atoms with Crippen molar-refractivity contribution in [3.8, 4) is 0 Å². The van der Waals surface area contributed by atoms with Gasteiger partial charge in [-0.2, -0.15) is 0 Å². The van der Waals surface area contributed by atoms with Crippen LogP contribution in [0.2, 0.25) is 0 Å². The number of urea groups is 1. The van der Waals surface area contributed by atoms with Crippen LogP contribution >= 0.6 is 11.8 Å². The molecule has 2 amide bonds. The van der Waals surface area contributed by atoms with Gasteiger partial charge in [0.25, 0.3) is 0 Å². The third kappa shape index (κ3) is 4.16. The Labute approximate surface area is 149 Å². The van der Waals surface area contributed by atoms with E-state index in [-0.39, 0.29) is 6.03 Å². The monoisotopic (exact) mass is 348 g/mol. The lowest BCUT2D eigenvalue weighted by Crippen LogP contribution is -2.54. The first-order valence-corrected chi connectivity index (χ1v) is 10.0. The van der Waals surface area contributed by atoms with Crippen LogP contribution in [0, 0.1) is 0 Å². The van der Waals surface area contributed by atoms with Crippen molar-refractivity contribution in [2.45, 2.75) is 23.8 Å². The summed E-state index contributed by atoms with van der Waals surface area (Å²) in [5.74, 6) is 0. The van der Waals surface area contributed by atoms with Gasteiger partial charge in [0.15, 0.2) is 0 Å². The van der Waals surface area contributed by atoms with Gasteiger partial charge >= 0.3 is 6.03 Å². The quantitative estimate of drug-likeness (QED) is 0.851. The van der Waals surface area contributed by atoms with Crippen LogP contribution in [0.4, 0.5) is 10.5 Å². The fourth-order valence-corrected chi connectivity index (χ4v) is 4.08. The maximum atomic E-state index is 12.5. The highest BCUT2D eigenvalue weighted by molar-refractivity contribution is 7.98. The van der Waals surface area contributed by atoms with Crippen LogP contribution in [-0.2, 0) is 0 Å². The Morgan fingerprint density at radius 1 is 1.08 bits per heavy atom. The number of carbonyl (C=O) groups excluding carboxylic acids is 1. The highest BCUT2D eigenvalue weighted by Crippen LogP contribution is 2.29. The van der Waals surface area contributed by atoms with E-state index in [1.807, 2.05) is 4.90 Å². The fourth-order valence-electron chi connectivity index (χ4n) is 3.46. The molecule has 1 aromatic rings. The number of nitrogens with one attached hydrogen (secondary N) is 1. The van der Waals surface area contributed by atoms with Gasteiger partial charge in [0.1, 0.15) is 0 Å². The van der Waals surface area contributed by atoms with Crippen LogP contribution in [-0.4, -0.2) is 74.4 Å². The maximum Gasteiger partial charge on any atom is 0.317 e. The smallest absolute Gasteiger partial charge is 0.317 e. The topological polar surface area (TPSA) is 38.8 Å². The summed E-state index contributed by atoms with van der Waals surface area (Å²) in [6.07, 6.45) is 4.23. The Hall–Kier alpha value is -1.40. The van der Waals surface area contributed by atoms with E-state index in [1.165, 1.54) is 10.6 Å². The van der Waals surface area contributed by atoms with E-state index in [4.69, 9.17) is 0 Å². The van der Waals surface area contributed by atoms with Crippen LogP contribution in [0.3, 0.4) is 0 Å². The van der Waals surface area contributed by atoms with Gasteiger partial charge in [-0.15, -0.1) is 11.8 Å². The van der Waals surface area contributed by atoms with Gasteiger partial charge in [-0.25, -0.2) is 4.79 Å². The number of amides is 2. The molecule has 6 heteroatoms. The number of hydrogen-bond acceptors (Lipinski definition) is 4. The van der Waals surface area contributed by atoms with Crippen LogP contribution < -0.4 is 10.2 Å². The van der Waals surface area contributed by atoms with Crippen molar-refractivity contribution in [2.75, 3.05) is 57.5 Å². The lowest BCUT2D eigenvalue weighted by Gasteiger charge is -2.38. The molecule has 0 aliphatic carbocycles. The summed E-state index contributed by atoms with van der Waals surface area (Å²) in [6, 6.07) is 8.97. The van der Waals surface area contributed by atoms with E-state index < -0.39 is 0 Å². The zero-order valence-electron chi connectivity index (χ0n) is 14.7. The van der Waals surface area contributed by atoms with Crippen molar-refractivity contribution in [1.29, 1.82) is 0 Å². The van der Waals surface area contributed by atoms with E-state index in [2.05, 4.69) is 52.7 Å². The molecule has 0 spiro atoms. The molecule has 0 radical (unpaired) electrons. The molecule has 24 heavy (non-hydrogen) atoms. The van der Waals surface area contributed by atoms with E-state index >= 15 is 0 Å². The molecule has 2 fully saturated rings. The standard InChI is InChI=1S/C18H28N4OS/c1-20-9-7-15(8-10-20)19-18(23)22-13-11-21(12-14-22)16-5-3-4-6-17(16)24-2/h3-6,15H,7-14H2,1-2H3,(H,19,23). The molecule has 0 bridgehead atoms. The minimum absolute atomic E-state index is 0.113. The average molecular weight is 349 g/mol. The summed E-state index contributed by atoms with van der Waals surface area (Å²) in [5.41, 5.74) is 1.29. The maximum absolute atomic E-state index is 12.5. The second-order valence-corrected chi connectivity index (χ2v) is 7.52. The van der Waals surface area contributed by atoms with E-state index in [0.29, 0.717) is 6.04 Å². The lowest BCUT2D eigenvalue weighted by molar-refractivity contribution is 0.178. The van der Waals surface area contributed by atoms with Gasteiger partial charge in [-0.1, -0.05) is 12.1 Å². The van der Waals surface area contributed by atoms with Gasteiger partial charge in [0.05, 0.1) is 5.69 Å². The Kier molecular flexibility index (Phi) is 5.89. The number of anilines is 1. The number of rotatable bonds is 3. The Bertz CT molecular complexity index is 552. The van der Waals surface area contributed by atoms with Crippen molar-refractivity contribution < 1.29 is 4.79 Å². The molecule has 2 aliphatic heterocycles. The summed E-state index contributed by atoms with van der Waals surface area (Å²) in [5, 5.41) is 3.22. The SMILES string of the molecule is CSc1ccccc1N1CCN(C(=O)NC2CCN(C)CC2)CC1. The molecular weight excluding hydrogens is 320 g/mol. The minimum atomic E-state index is 0.113. The highest BCUT2D eigenvalue weighted by atomic mass is 32.2. The molecule has 0 aromatic heterocycles. The number of benzene rings is 1. The van der Waals surface area contributed by atoms with Crippen molar-refractivity contribution >= 4 is 23.5 Å². The van der Waals surface area contributed by atoms with Crippen LogP contribution in [0.1, 0.15) is 12.8 Å². The average Bonchev–Trinajstić information content (AvgIpc) is 2.63.